The third kappa shape index (κ3) is 3.01. The molecule has 10 heteroatoms. The topological polar surface area (TPSA) is 142 Å². The van der Waals surface area contributed by atoms with Crippen molar-refractivity contribution in [2.75, 3.05) is 31.9 Å². The zero-order valence-electron chi connectivity index (χ0n) is 21.7. The summed E-state index contributed by atoms with van der Waals surface area (Å²) in [6.45, 7) is 9.38. The maximum absolute atomic E-state index is 12.2. The molecule has 2 aromatic rings. The second kappa shape index (κ2) is 7.86. The van der Waals surface area contributed by atoms with Gasteiger partial charge in [0, 0.05) is 62.4 Å². The summed E-state index contributed by atoms with van der Waals surface area (Å²) in [5, 5.41) is 41.3. The van der Waals surface area contributed by atoms with Crippen molar-refractivity contribution >= 4 is 22.7 Å². The van der Waals surface area contributed by atoms with Crippen LogP contribution in [0.5, 0.6) is 0 Å². The van der Waals surface area contributed by atoms with Crippen LogP contribution in [0, 0.1) is 41.4 Å². The highest BCUT2D eigenvalue weighted by molar-refractivity contribution is 6.13. The van der Waals surface area contributed by atoms with Crippen molar-refractivity contribution in [1.82, 2.24) is 14.5 Å². The fourth-order valence-corrected chi connectivity index (χ4v) is 7.81. The van der Waals surface area contributed by atoms with Crippen molar-refractivity contribution in [2.24, 2.45) is 52.3 Å². The van der Waals surface area contributed by atoms with Crippen LogP contribution in [0.15, 0.2) is 17.6 Å². The first-order chi connectivity index (χ1) is 17.1. The molecule has 0 aromatic carbocycles. The molecule has 2 aliphatic heterocycles. The van der Waals surface area contributed by atoms with E-state index in [1.165, 1.54) is 6.33 Å². The summed E-state index contributed by atoms with van der Waals surface area (Å²) in [5.41, 5.74) is 5.09. The van der Waals surface area contributed by atoms with Gasteiger partial charge in [-0.05, 0) is 37.0 Å². The molecule has 0 spiro atoms. The monoisotopic (exact) mass is 498 g/mol. The van der Waals surface area contributed by atoms with Gasteiger partial charge in [0.15, 0.2) is 11.7 Å². The molecule has 3 fully saturated rings. The second-order valence-electron chi connectivity index (χ2n) is 11.9. The summed E-state index contributed by atoms with van der Waals surface area (Å²) in [4.78, 5) is 9.07. The number of nitrogens with zero attached hydrogens (tertiary/aromatic N) is 5. The molecule has 5 N–H and O–H groups in total. The summed E-state index contributed by atoms with van der Waals surface area (Å²) in [7, 11) is 1.81. The van der Waals surface area contributed by atoms with E-state index in [9.17, 15) is 15.3 Å². The molecule has 0 bridgehead atoms. The zero-order chi connectivity index (χ0) is 25.7. The van der Waals surface area contributed by atoms with E-state index in [1.54, 1.807) is 11.9 Å². The number of hydrogen-bond acceptors (Lipinski definition) is 9. The predicted octanol–water partition coefficient (Wildman–Crippen LogP) is 1.34. The minimum Gasteiger partial charge on any atom is -0.396 e. The number of aliphatic hydroxyl groups is 3. The maximum atomic E-state index is 12.2. The molecule has 6 rings (SSSR count). The SMILES string of the molecule is CC1COCCC(C)C2C(CO)C2(O)C(C)(O)C2C(C1C)C2n1cc2c3c(ncnc31)N(C)N=C2N. The molecule has 0 radical (unpaired) electrons. The average Bonchev–Trinajstić information content (AvgIpc) is 3.69. The number of fused-ring (bicyclic) bond motifs is 2. The Labute approximate surface area is 211 Å². The Morgan fingerprint density at radius 2 is 1.92 bits per heavy atom. The smallest absolute Gasteiger partial charge is 0.162 e. The Morgan fingerprint density at radius 1 is 1.17 bits per heavy atom. The molecule has 10 nitrogen and oxygen atoms in total. The standard InChI is InChI=1S/C26H38N6O4/c1-12-6-7-36-10-13(2)14(3)17-20(25(4,34)26(35)16(9-33)19(12)26)21(17)32-8-15-18-23(28-11-29-24(18)32)31(5)30-22(15)27/h8,11-14,16-17,19-21,33-35H,6-7,9-10H2,1-5H3,(H2,27,30). The third-order valence-corrected chi connectivity index (χ3v) is 10.1. The van der Waals surface area contributed by atoms with E-state index in [0.717, 1.165) is 23.0 Å². The Bertz CT molecular complexity index is 1230. The van der Waals surface area contributed by atoms with Crippen LogP contribution in [-0.4, -0.2) is 73.8 Å². The lowest BCUT2D eigenvalue weighted by molar-refractivity contribution is -0.122. The van der Waals surface area contributed by atoms with E-state index in [0.29, 0.717) is 24.9 Å². The van der Waals surface area contributed by atoms with Crippen LogP contribution >= 0.6 is 0 Å². The molecule has 1 saturated heterocycles. The van der Waals surface area contributed by atoms with E-state index in [1.807, 2.05) is 13.2 Å². The molecule has 2 aliphatic carbocycles. The summed E-state index contributed by atoms with van der Waals surface area (Å²) in [6.07, 6.45) is 4.30. The fraction of sp³-hybridized carbons (Fsp3) is 0.731. The number of anilines is 1. The minimum absolute atomic E-state index is 0.0801. The summed E-state index contributed by atoms with van der Waals surface area (Å²) < 4.78 is 8.17. The minimum atomic E-state index is -1.40. The maximum Gasteiger partial charge on any atom is 0.162 e. The van der Waals surface area contributed by atoms with E-state index < -0.39 is 11.2 Å². The van der Waals surface area contributed by atoms with Crippen molar-refractivity contribution in [1.29, 1.82) is 0 Å². The van der Waals surface area contributed by atoms with Gasteiger partial charge in [0.25, 0.3) is 0 Å². The van der Waals surface area contributed by atoms with E-state index in [-0.39, 0.29) is 54.1 Å². The molecular formula is C26H38N6O4. The number of rotatable bonds is 2. The van der Waals surface area contributed by atoms with Crippen molar-refractivity contribution < 1.29 is 20.1 Å². The Hall–Kier alpha value is -2.27. The average molecular weight is 499 g/mol. The largest absolute Gasteiger partial charge is 0.396 e. The first-order valence-electron chi connectivity index (χ1n) is 13.1. The van der Waals surface area contributed by atoms with Gasteiger partial charge in [-0.2, -0.15) is 5.10 Å². The number of ether oxygens (including phenoxy) is 1. The lowest BCUT2D eigenvalue weighted by Crippen LogP contribution is -2.48. The first-order valence-corrected chi connectivity index (χ1v) is 13.1. The third-order valence-electron chi connectivity index (χ3n) is 10.1. The van der Waals surface area contributed by atoms with Gasteiger partial charge >= 0.3 is 0 Å². The molecule has 2 saturated carbocycles. The van der Waals surface area contributed by atoms with Gasteiger partial charge in [-0.3, -0.25) is 0 Å². The van der Waals surface area contributed by atoms with Crippen LogP contribution in [0.25, 0.3) is 11.0 Å². The number of amidine groups is 1. The lowest BCUT2D eigenvalue weighted by atomic mass is 9.81. The van der Waals surface area contributed by atoms with Crippen LogP contribution in [0.1, 0.15) is 45.7 Å². The molecule has 10 atom stereocenters. The molecule has 4 aliphatic rings. The molecule has 196 valence electrons. The quantitative estimate of drug-likeness (QED) is 0.486. The molecule has 36 heavy (non-hydrogen) atoms. The van der Waals surface area contributed by atoms with Crippen LogP contribution in [0.4, 0.5) is 5.82 Å². The predicted molar refractivity (Wildman–Crippen MR) is 135 cm³/mol. The molecular weight excluding hydrogens is 460 g/mol. The fourth-order valence-electron chi connectivity index (χ4n) is 7.81. The van der Waals surface area contributed by atoms with Crippen LogP contribution < -0.4 is 10.7 Å². The van der Waals surface area contributed by atoms with Gasteiger partial charge in [0.2, 0.25) is 0 Å². The first kappa shape index (κ1) is 24.1. The Balaban J connectivity index is 1.48. The Morgan fingerprint density at radius 3 is 2.64 bits per heavy atom. The van der Waals surface area contributed by atoms with Gasteiger partial charge in [-0.25, -0.2) is 15.0 Å². The highest BCUT2D eigenvalue weighted by atomic mass is 16.5. The zero-order valence-corrected chi connectivity index (χ0v) is 21.7. The summed E-state index contributed by atoms with van der Waals surface area (Å²) in [5.74, 6) is 1.02. The number of aromatic nitrogens is 3. The normalized spacial score (nSPS) is 44.2. The number of hydrazone groups is 1. The molecule has 10 unspecified atom stereocenters. The lowest BCUT2D eigenvalue weighted by Gasteiger charge is -2.34. The Kier molecular flexibility index (Phi) is 5.26. The second-order valence-corrected chi connectivity index (χ2v) is 11.9. The van der Waals surface area contributed by atoms with Gasteiger partial charge in [0.1, 0.15) is 17.6 Å². The van der Waals surface area contributed by atoms with E-state index in [2.05, 4.69) is 40.4 Å². The summed E-state index contributed by atoms with van der Waals surface area (Å²) >= 11 is 0. The van der Waals surface area contributed by atoms with Crippen LogP contribution in [0.3, 0.4) is 0 Å². The van der Waals surface area contributed by atoms with Gasteiger partial charge in [0.05, 0.1) is 11.0 Å². The number of hydrogen-bond donors (Lipinski definition) is 4. The van der Waals surface area contributed by atoms with Crippen LogP contribution in [-0.2, 0) is 4.74 Å². The van der Waals surface area contributed by atoms with Gasteiger partial charge in [-0.1, -0.05) is 20.8 Å². The van der Waals surface area contributed by atoms with Crippen molar-refractivity contribution in [2.45, 2.75) is 51.4 Å². The number of aliphatic hydroxyl groups excluding tert-OH is 1. The number of nitrogens with two attached hydrogens (primary N) is 1. The van der Waals surface area contributed by atoms with Crippen molar-refractivity contribution in [3.05, 3.63) is 18.1 Å². The molecule has 2 aromatic heterocycles. The molecule has 4 heterocycles. The van der Waals surface area contributed by atoms with E-state index in [4.69, 9.17) is 10.5 Å². The van der Waals surface area contributed by atoms with Crippen LogP contribution in [0.2, 0.25) is 0 Å². The van der Waals surface area contributed by atoms with Gasteiger partial charge < -0.3 is 30.4 Å². The van der Waals surface area contributed by atoms with Gasteiger partial charge in [-0.15, -0.1) is 0 Å². The highest BCUT2D eigenvalue weighted by Gasteiger charge is 2.79. The van der Waals surface area contributed by atoms with E-state index >= 15 is 0 Å². The highest BCUT2D eigenvalue weighted by Crippen LogP contribution is 2.71. The summed E-state index contributed by atoms with van der Waals surface area (Å²) in [6, 6.07) is -0.103. The molecule has 0 amide bonds. The van der Waals surface area contributed by atoms with Crippen molar-refractivity contribution in [3.63, 3.8) is 0 Å². The van der Waals surface area contributed by atoms with Crippen molar-refractivity contribution in [3.8, 4) is 0 Å².